The highest BCUT2D eigenvalue weighted by molar-refractivity contribution is 5.78. The number of nitrogens with two attached hydrogens (primary N) is 1. The van der Waals surface area contributed by atoms with Crippen LogP contribution in [0.15, 0.2) is 0 Å². The minimum absolute atomic E-state index is 0.0235. The summed E-state index contributed by atoms with van der Waals surface area (Å²) in [6, 6.07) is 0.338. The van der Waals surface area contributed by atoms with E-state index in [0.29, 0.717) is 6.54 Å². The molecule has 1 atom stereocenters. The zero-order chi connectivity index (χ0) is 16.3. The second-order valence-electron chi connectivity index (χ2n) is 7.30. The highest BCUT2D eigenvalue weighted by atomic mass is 16.6. The van der Waals surface area contributed by atoms with Gasteiger partial charge in [0.2, 0.25) is 5.91 Å². The molecule has 0 spiro atoms. The molecule has 0 bridgehead atoms. The maximum atomic E-state index is 12.4. The Labute approximate surface area is 132 Å². The summed E-state index contributed by atoms with van der Waals surface area (Å²) in [5.41, 5.74) is 5.02. The topological polar surface area (TPSA) is 75.9 Å². The second kappa shape index (κ2) is 6.86. The Hall–Kier alpha value is -1.30. The first-order valence-corrected chi connectivity index (χ1v) is 8.31. The predicted octanol–water partition coefficient (Wildman–Crippen LogP) is 1.73. The van der Waals surface area contributed by atoms with Crippen LogP contribution < -0.4 is 5.73 Å². The summed E-state index contributed by atoms with van der Waals surface area (Å²) in [7, 11) is 0. The Morgan fingerprint density at radius 2 is 1.91 bits per heavy atom. The number of piperidine rings is 1. The van der Waals surface area contributed by atoms with Gasteiger partial charge in [-0.3, -0.25) is 4.79 Å². The average Bonchev–Trinajstić information content (AvgIpc) is 3.26. The number of likely N-dealkylation sites (tertiary alicyclic amines) is 1. The summed E-state index contributed by atoms with van der Waals surface area (Å²) in [6.45, 7) is 6.97. The number of hydrogen-bond donors (Lipinski definition) is 1. The van der Waals surface area contributed by atoms with Gasteiger partial charge in [-0.2, -0.15) is 0 Å². The van der Waals surface area contributed by atoms with Crippen molar-refractivity contribution in [3.05, 3.63) is 0 Å². The zero-order valence-electron chi connectivity index (χ0n) is 14.0. The first-order chi connectivity index (χ1) is 10.3. The Kier molecular flexibility index (Phi) is 5.32. The number of amides is 2. The minimum Gasteiger partial charge on any atom is -0.444 e. The molecule has 2 aliphatic rings. The van der Waals surface area contributed by atoms with E-state index in [1.165, 1.54) is 0 Å². The van der Waals surface area contributed by atoms with Gasteiger partial charge in [0, 0.05) is 25.2 Å². The molecule has 126 valence electrons. The van der Waals surface area contributed by atoms with Crippen molar-refractivity contribution in [2.24, 2.45) is 5.73 Å². The van der Waals surface area contributed by atoms with E-state index in [-0.39, 0.29) is 30.6 Å². The monoisotopic (exact) mass is 311 g/mol. The van der Waals surface area contributed by atoms with Gasteiger partial charge in [-0.05, 0) is 52.9 Å². The minimum atomic E-state index is -0.496. The fourth-order valence-corrected chi connectivity index (χ4v) is 2.94. The lowest BCUT2D eigenvalue weighted by Gasteiger charge is -2.39. The Bertz CT molecular complexity index is 415. The lowest BCUT2D eigenvalue weighted by Crippen LogP contribution is -2.53. The van der Waals surface area contributed by atoms with Gasteiger partial charge >= 0.3 is 6.09 Å². The molecule has 6 heteroatoms. The molecule has 6 nitrogen and oxygen atoms in total. The van der Waals surface area contributed by atoms with Crippen molar-refractivity contribution in [1.29, 1.82) is 0 Å². The van der Waals surface area contributed by atoms with Crippen LogP contribution in [-0.2, 0) is 9.53 Å². The standard InChI is InChI=1S/C16H29N3O3/c1-16(2,3)22-15(21)19(12-7-8-12)11-13-6-4-5-9-18(13)14(20)10-17/h12-13H,4-11,17H2,1-3H3/t13-/m1/s1. The molecule has 0 unspecified atom stereocenters. The van der Waals surface area contributed by atoms with Crippen LogP contribution in [0, 0.1) is 0 Å². The molecule has 1 saturated heterocycles. The van der Waals surface area contributed by atoms with Gasteiger partial charge in [0.15, 0.2) is 0 Å². The SMILES string of the molecule is CC(C)(C)OC(=O)N(C[C@H]1CCCCN1C(=O)CN)C1CC1. The van der Waals surface area contributed by atoms with E-state index in [0.717, 1.165) is 38.6 Å². The smallest absolute Gasteiger partial charge is 0.410 e. The molecular weight excluding hydrogens is 282 g/mol. The molecule has 1 aliphatic carbocycles. The van der Waals surface area contributed by atoms with Crippen molar-refractivity contribution in [2.75, 3.05) is 19.6 Å². The van der Waals surface area contributed by atoms with Crippen LogP contribution >= 0.6 is 0 Å². The molecular formula is C16H29N3O3. The summed E-state index contributed by atoms with van der Waals surface area (Å²) in [5, 5.41) is 0. The number of nitrogens with zero attached hydrogens (tertiary/aromatic N) is 2. The van der Waals surface area contributed by atoms with Gasteiger partial charge in [0.05, 0.1) is 6.54 Å². The fourth-order valence-electron chi connectivity index (χ4n) is 2.94. The Balaban J connectivity index is 2.03. The van der Waals surface area contributed by atoms with E-state index in [1.54, 1.807) is 0 Å². The molecule has 22 heavy (non-hydrogen) atoms. The van der Waals surface area contributed by atoms with E-state index in [9.17, 15) is 9.59 Å². The van der Waals surface area contributed by atoms with Gasteiger partial charge < -0.3 is 20.3 Å². The molecule has 1 aliphatic heterocycles. The lowest BCUT2D eigenvalue weighted by molar-refractivity contribution is -0.133. The van der Waals surface area contributed by atoms with Crippen LogP contribution in [0.4, 0.5) is 4.79 Å². The summed E-state index contributed by atoms with van der Waals surface area (Å²) in [5.74, 6) is -0.0235. The van der Waals surface area contributed by atoms with Gasteiger partial charge in [-0.25, -0.2) is 4.79 Å². The summed E-state index contributed by atoms with van der Waals surface area (Å²) < 4.78 is 5.52. The number of rotatable bonds is 4. The lowest BCUT2D eigenvalue weighted by atomic mass is 10.0. The van der Waals surface area contributed by atoms with Gasteiger partial charge in [0.1, 0.15) is 5.60 Å². The number of hydrogen-bond acceptors (Lipinski definition) is 4. The predicted molar refractivity (Wildman–Crippen MR) is 84.4 cm³/mol. The van der Waals surface area contributed by atoms with Crippen LogP contribution in [0.1, 0.15) is 52.9 Å². The molecule has 2 fully saturated rings. The first-order valence-electron chi connectivity index (χ1n) is 8.31. The molecule has 1 saturated carbocycles. The molecule has 0 radical (unpaired) electrons. The van der Waals surface area contributed by atoms with Crippen molar-refractivity contribution < 1.29 is 14.3 Å². The van der Waals surface area contributed by atoms with Gasteiger partial charge in [0.25, 0.3) is 0 Å². The van der Waals surface area contributed by atoms with E-state index < -0.39 is 5.60 Å². The quantitative estimate of drug-likeness (QED) is 0.858. The fraction of sp³-hybridized carbons (Fsp3) is 0.875. The third-order valence-electron chi connectivity index (χ3n) is 4.15. The molecule has 2 amide bonds. The van der Waals surface area contributed by atoms with Crippen LogP contribution in [0.25, 0.3) is 0 Å². The third-order valence-corrected chi connectivity index (χ3v) is 4.15. The first kappa shape index (κ1) is 17.1. The van der Waals surface area contributed by atoms with Crippen molar-refractivity contribution in [3.63, 3.8) is 0 Å². The summed E-state index contributed by atoms with van der Waals surface area (Å²) in [4.78, 5) is 28.1. The summed E-state index contributed by atoms with van der Waals surface area (Å²) >= 11 is 0. The van der Waals surface area contributed by atoms with Crippen LogP contribution in [0.2, 0.25) is 0 Å². The van der Waals surface area contributed by atoms with Crippen LogP contribution in [0.3, 0.4) is 0 Å². The Morgan fingerprint density at radius 3 is 2.45 bits per heavy atom. The highest BCUT2D eigenvalue weighted by Gasteiger charge is 2.38. The van der Waals surface area contributed by atoms with Crippen molar-refractivity contribution in [2.45, 2.75) is 70.6 Å². The van der Waals surface area contributed by atoms with Crippen molar-refractivity contribution in [3.8, 4) is 0 Å². The average molecular weight is 311 g/mol. The second-order valence-corrected chi connectivity index (χ2v) is 7.30. The molecule has 0 aromatic heterocycles. The number of carbonyl (C=O) groups is 2. The maximum absolute atomic E-state index is 12.4. The Morgan fingerprint density at radius 1 is 1.23 bits per heavy atom. The molecule has 2 rings (SSSR count). The molecule has 1 heterocycles. The maximum Gasteiger partial charge on any atom is 0.410 e. The molecule has 0 aromatic carbocycles. The highest BCUT2D eigenvalue weighted by Crippen LogP contribution is 2.30. The number of carbonyl (C=O) groups excluding carboxylic acids is 2. The van der Waals surface area contributed by atoms with Crippen molar-refractivity contribution in [1.82, 2.24) is 9.80 Å². The van der Waals surface area contributed by atoms with E-state index >= 15 is 0 Å². The summed E-state index contributed by atoms with van der Waals surface area (Å²) in [6.07, 6.45) is 4.82. The van der Waals surface area contributed by atoms with Crippen molar-refractivity contribution >= 4 is 12.0 Å². The van der Waals surface area contributed by atoms with E-state index in [1.807, 2.05) is 30.6 Å². The van der Waals surface area contributed by atoms with E-state index in [4.69, 9.17) is 10.5 Å². The van der Waals surface area contributed by atoms with Gasteiger partial charge in [-0.1, -0.05) is 0 Å². The van der Waals surface area contributed by atoms with Crippen LogP contribution in [0.5, 0.6) is 0 Å². The largest absolute Gasteiger partial charge is 0.444 e. The van der Waals surface area contributed by atoms with Crippen LogP contribution in [-0.4, -0.2) is 59.1 Å². The zero-order valence-corrected chi connectivity index (χ0v) is 14.0. The number of ether oxygens (including phenoxy) is 1. The molecule has 0 aromatic rings. The molecule has 2 N–H and O–H groups in total. The van der Waals surface area contributed by atoms with Gasteiger partial charge in [-0.15, -0.1) is 0 Å². The van der Waals surface area contributed by atoms with E-state index in [2.05, 4.69) is 0 Å². The normalized spacial score (nSPS) is 22.4. The third kappa shape index (κ3) is 4.60.